The molecule has 0 atom stereocenters. The molecule has 0 saturated carbocycles. The number of benzene rings is 2. The predicted octanol–water partition coefficient (Wildman–Crippen LogP) is 3.11. The molecule has 3 heteroatoms. The lowest BCUT2D eigenvalue weighted by Gasteiger charge is -2.09. The van der Waals surface area contributed by atoms with Gasteiger partial charge in [-0.15, -0.1) is 0 Å². The summed E-state index contributed by atoms with van der Waals surface area (Å²) in [5.74, 6) is 0.975. The Kier molecular flexibility index (Phi) is 4.53. The molecule has 2 aromatic carbocycles. The van der Waals surface area contributed by atoms with Crippen LogP contribution in [0.5, 0.6) is 5.75 Å². The third kappa shape index (κ3) is 3.45. The fourth-order valence-electron chi connectivity index (χ4n) is 2.01. The zero-order chi connectivity index (χ0) is 14.5. The second-order valence-corrected chi connectivity index (χ2v) is 4.97. The standard InChI is InChI=1S/C17H19NO2/c1-18(2)12-17(19)15-6-4-13(5-7-15)14-8-10-16(20-3)11-9-14/h4-11H,12H2,1-3H3. The van der Waals surface area contributed by atoms with Crippen molar-refractivity contribution in [3.8, 4) is 16.9 Å². The number of nitrogens with zero attached hydrogens (tertiary/aromatic N) is 1. The van der Waals surface area contributed by atoms with Crippen LogP contribution in [-0.4, -0.2) is 38.4 Å². The number of hydrogen-bond donors (Lipinski definition) is 0. The molecule has 0 aliphatic carbocycles. The highest BCUT2D eigenvalue weighted by molar-refractivity contribution is 5.98. The summed E-state index contributed by atoms with van der Waals surface area (Å²) < 4.78 is 5.14. The molecule has 0 aliphatic rings. The second kappa shape index (κ2) is 6.35. The van der Waals surface area contributed by atoms with Gasteiger partial charge in [-0.3, -0.25) is 4.79 Å². The highest BCUT2D eigenvalue weighted by Gasteiger charge is 2.07. The van der Waals surface area contributed by atoms with Crippen molar-refractivity contribution in [2.75, 3.05) is 27.7 Å². The third-order valence-corrected chi connectivity index (χ3v) is 3.09. The molecule has 0 spiro atoms. The first-order valence-corrected chi connectivity index (χ1v) is 6.52. The van der Waals surface area contributed by atoms with Gasteiger partial charge in [-0.05, 0) is 37.4 Å². The van der Waals surface area contributed by atoms with Crippen molar-refractivity contribution in [3.05, 3.63) is 54.1 Å². The molecule has 0 bridgehead atoms. The Morgan fingerprint density at radius 1 is 0.950 bits per heavy atom. The number of ether oxygens (including phenoxy) is 1. The Morgan fingerprint density at radius 2 is 1.45 bits per heavy atom. The maximum atomic E-state index is 11.9. The third-order valence-electron chi connectivity index (χ3n) is 3.09. The highest BCUT2D eigenvalue weighted by Crippen LogP contribution is 2.22. The van der Waals surface area contributed by atoms with Crippen LogP contribution in [-0.2, 0) is 0 Å². The van der Waals surface area contributed by atoms with Crippen molar-refractivity contribution >= 4 is 5.78 Å². The minimum absolute atomic E-state index is 0.135. The van der Waals surface area contributed by atoms with E-state index in [2.05, 4.69) is 0 Å². The number of rotatable bonds is 5. The zero-order valence-electron chi connectivity index (χ0n) is 12.1. The largest absolute Gasteiger partial charge is 0.497 e. The summed E-state index contributed by atoms with van der Waals surface area (Å²) in [6, 6.07) is 15.6. The molecule has 0 N–H and O–H groups in total. The van der Waals surface area contributed by atoms with Gasteiger partial charge in [0.05, 0.1) is 13.7 Å². The molecule has 0 fully saturated rings. The summed E-state index contributed by atoms with van der Waals surface area (Å²) in [6.07, 6.45) is 0. The first-order valence-electron chi connectivity index (χ1n) is 6.52. The smallest absolute Gasteiger partial charge is 0.176 e. The minimum Gasteiger partial charge on any atom is -0.497 e. The molecule has 2 rings (SSSR count). The van der Waals surface area contributed by atoms with Crippen LogP contribution in [0.15, 0.2) is 48.5 Å². The number of methoxy groups -OCH3 is 1. The van der Waals surface area contributed by atoms with E-state index in [0.29, 0.717) is 6.54 Å². The van der Waals surface area contributed by atoms with Crippen LogP contribution < -0.4 is 4.74 Å². The van der Waals surface area contributed by atoms with E-state index in [1.165, 1.54) is 0 Å². The van der Waals surface area contributed by atoms with Gasteiger partial charge in [-0.1, -0.05) is 36.4 Å². The Morgan fingerprint density at radius 3 is 1.90 bits per heavy atom. The molecule has 0 amide bonds. The van der Waals surface area contributed by atoms with E-state index in [0.717, 1.165) is 22.4 Å². The van der Waals surface area contributed by atoms with Gasteiger partial charge in [0, 0.05) is 5.56 Å². The molecule has 0 radical (unpaired) electrons. The molecule has 0 heterocycles. The Hall–Kier alpha value is -2.13. The van der Waals surface area contributed by atoms with Crippen molar-refractivity contribution in [1.29, 1.82) is 0 Å². The number of carbonyl (C=O) groups excluding carboxylic acids is 1. The monoisotopic (exact) mass is 269 g/mol. The maximum absolute atomic E-state index is 11.9. The SMILES string of the molecule is COc1ccc(-c2ccc(C(=O)CN(C)C)cc2)cc1. The number of likely N-dealkylation sites (N-methyl/N-ethyl adjacent to an activating group) is 1. The van der Waals surface area contributed by atoms with Crippen molar-refractivity contribution < 1.29 is 9.53 Å². The van der Waals surface area contributed by atoms with E-state index in [1.54, 1.807) is 7.11 Å². The van der Waals surface area contributed by atoms with Gasteiger partial charge in [0.2, 0.25) is 0 Å². The summed E-state index contributed by atoms with van der Waals surface area (Å²) >= 11 is 0. The molecule has 104 valence electrons. The topological polar surface area (TPSA) is 29.5 Å². The van der Waals surface area contributed by atoms with Gasteiger partial charge in [0.25, 0.3) is 0 Å². The van der Waals surface area contributed by atoms with Gasteiger partial charge < -0.3 is 9.64 Å². The lowest BCUT2D eigenvalue weighted by atomic mass is 10.0. The number of Topliss-reactive ketones (excluding diaryl/α,β-unsaturated/α-hetero) is 1. The van der Waals surface area contributed by atoms with Gasteiger partial charge in [0.1, 0.15) is 5.75 Å². The van der Waals surface area contributed by atoms with E-state index >= 15 is 0 Å². The Bertz CT molecular complexity index is 571. The highest BCUT2D eigenvalue weighted by atomic mass is 16.5. The van der Waals surface area contributed by atoms with E-state index in [-0.39, 0.29) is 5.78 Å². The van der Waals surface area contributed by atoms with Gasteiger partial charge in [-0.25, -0.2) is 0 Å². The van der Waals surface area contributed by atoms with E-state index in [9.17, 15) is 4.79 Å². The van der Waals surface area contributed by atoms with Crippen molar-refractivity contribution in [2.24, 2.45) is 0 Å². The van der Waals surface area contributed by atoms with Crippen molar-refractivity contribution in [3.63, 3.8) is 0 Å². The van der Waals surface area contributed by atoms with Crippen LogP contribution in [0.2, 0.25) is 0 Å². The number of hydrogen-bond acceptors (Lipinski definition) is 3. The van der Waals surface area contributed by atoms with Crippen molar-refractivity contribution in [1.82, 2.24) is 4.90 Å². The van der Waals surface area contributed by atoms with E-state index in [1.807, 2.05) is 67.5 Å². The summed E-state index contributed by atoms with van der Waals surface area (Å²) in [5.41, 5.74) is 2.95. The molecule has 0 unspecified atom stereocenters. The molecular formula is C17H19NO2. The summed E-state index contributed by atoms with van der Waals surface area (Å²) in [7, 11) is 5.44. The van der Waals surface area contributed by atoms with Crippen LogP contribution in [0.1, 0.15) is 10.4 Å². The molecule has 2 aromatic rings. The lowest BCUT2D eigenvalue weighted by Crippen LogP contribution is -2.21. The molecule has 3 nitrogen and oxygen atoms in total. The number of ketones is 1. The normalized spacial score (nSPS) is 10.6. The Balaban J connectivity index is 2.16. The van der Waals surface area contributed by atoms with Crippen LogP contribution in [0.3, 0.4) is 0 Å². The fourth-order valence-corrected chi connectivity index (χ4v) is 2.01. The van der Waals surface area contributed by atoms with Gasteiger partial charge in [0.15, 0.2) is 5.78 Å². The number of carbonyl (C=O) groups is 1. The van der Waals surface area contributed by atoms with Crippen LogP contribution in [0.25, 0.3) is 11.1 Å². The van der Waals surface area contributed by atoms with Crippen LogP contribution in [0, 0.1) is 0 Å². The Labute approximate surface area is 119 Å². The van der Waals surface area contributed by atoms with Gasteiger partial charge >= 0.3 is 0 Å². The van der Waals surface area contributed by atoms with E-state index < -0.39 is 0 Å². The fraction of sp³-hybridized carbons (Fsp3) is 0.235. The first kappa shape index (κ1) is 14.3. The zero-order valence-corrected chi connectivity index (χ0v) is 12.1. The summed E-state index contributed by atoms with van der Waals surface area (Å²) in [5, 5.41) is 0. The van der Waals surface area contributed by atoms with E-state index in [4.69, 9.17) is 4.74 Å². The molecule has 0 aliphatic heterocycles. The van der Waals surface area contributed by atoms with Crippen molar-refractivity contribution in [2.45, 2.75) is 0 Å². The quantitative estimate of drug-likeness (QED) is 0.781. The molecule has 0 aromatic heterocycles. The van der Waals surface area contributed by atoms with Gasteiger partial charge in [-0.2, -0.15) is 0 Å². The molecule has 0 saturated heterocycles. The second-order valence-electron chi connectivity index (χ2n) is 4.97. The molecular weight excluding hydrogens is 250 g/mol. The van der Waals surface area contributed by atoms with Crippen LogP contribution >= 0.6 is 0 Å². The first-order chi connectivity index (χ1) is 9.60. The maximum Gasteiger partial charge on any atom is 0.176 e. The van der Waals surface area contributed by atoms with Crippen LogP contribution in [0.4, 0.5) is 0 Å². The minimum atomic E-state index is 0.135. The average Bonchev–Trinajstić information content (AvgIpc) is 2.47. The predicted molar refractivity (Wildman–Crippen MR) is 81.3 cm³/mol. The molecule has 20 heavy (non-hydrogen) atoms. The average molecular weight is 269 g/mol. The lowest BCUT2D eigenvalue weighted by molar-refractivity contribution is 0.0958. The summed E-state index contributed by atoms with van der Waals surface area (Å²) in [4.78, 5) is 13.8. The summed E-state index contributed by atoms with van der Waals surface area (Å²) in [6.45, 7) is 0.432.